The molecule has 0 aliphatic heterocycles. The third-order valence-corrected chi connectivity index (χ3v) is 6.72. The minimum atomic E-state index is -4.10. The molecular formula is C21H24N2O4S2. The third-order valence-electron chi connectivity index (χ3n) is 4.53. The van der Waals surface area contributed by atoms with Crippen LogP contribution in [0.2, 0.25) is 0 Å². The highest BCUT2D eigenvalue weighted by Gasteiger charge is 2.24. The molecule has 154 valence electrons. The van der Waals surface area contributed by atoms with Crippen molar-refractivity contribution in [2.24, 2.45) is 5.16 Å². The van der Waals surface area contributed by atoms with E-state index in [4.69, 9.17) is 4.28 Å². The van der Waals surface area contributed by atoms with Crippen LogP contribution in [-0.2, 0) is 25.6 Å². The third kappa shape index (κ3) is 5.61. The van der Waals surface area contributed by atoms with Crippen LogP contribution in [0, 0.1) is 0 Å². The van der Waals surface area contributed by atoms with E-state index in [-0.39, 0.29) is 22.8 Å². The smallest absolute Gasteiger partial charge is 0.292 e. The fourth-order valence-corrected chi connectivity index (χ4v) is 4.73. The van der Waals surface area contributed by atoms with Gasteiger partial charge in [-0.2, -0.15) is 8.42 Å². The van der Waals surface area contributed by atoms with Gasteiger partial charge < -0.3 is 0 Å². The highest BCUT2D eigenvalue weighted by molar-refractivity contribution is 7.86. The molecule has 0 saturated carbocycles. The monoisotopic (exact) mass is 432 g/mol. The van der Waals surface area contributed by atoms with Crippen molar-refractivity contribution in [1.29, 1.82) is 0 Å². The number of carbonyl (C=O) groups is 1. The lowest BCUT2D eigenvalue weighted by molar-refractivity contribution is -0.113. The first kappa shape index (κ1) is 21.4. The fraction of sp³-hybridized carbons (Fsp3) is 0.381. The molecule has 0 spiro atoms. The van der Waals surface area contributed by atoms with Gasteiger partial charge in [0.15, 0.2) is 11.5 Å². The van der Waals surface area contributed by atoms with Gasteiger partial charge in [-0.25, -0.2) is 4.98 Å². The normalized spacial score (nSPS) is 13.9. The molecule has 0 atom stereocenters. The quantitative estimate of drug-likeness (QED) is 0.307. The number of hydrogen-bond acceptors (Lipinski definition) is 7. The van der Waals surface area contributed by atoms with E-state index >= 15 is 0 Å². The van der Waals surface area contributed by atoms with Gasteiger partial charge in [0.1, 0.15) is 9.90 Å². The number of carbonyl (C=O) groups excluding carboxylic acids is 1. The van der Waals surface area contributed by atoms with Gasteiger partial charge in [0.05, 0.1) is 10.6 Å². The van der Waals surface area contributed by atoms with Crippen molar-refractivity contribution in [3.63, 3.8) is 0 Å². The summed E-state index contributed by atoms with van der Waals surface area (Å²) in [5, 5.41) is 4.19. The van der Waals surface area contributed by atoms with E-state index in [0.717, 1.165) is 49.1 Å². The highest BCUT2D eigenvalue weighted by atomic mass is 32.2. The summed E-state index contributed by atoms with van der Waals surface area (Å²) < 4.78 is 29.7. The van der Waals surface area contributed by atoms with Gasteiger partial charge in [0.2, 0.25) is 0 Å². The molecule has 1 aliphatic carbocycles. The number of ketones is 1. The van der Waals surface area contributed by atoms with E-state index in [1.165, 1.54) is 23.5 Å². The molecule has 1 aliphatic rings. The summed E-state index contributed by atoms with van der Waals surface area (Å²) >= 11 is 1.34. The molecule has 8 heteroatoms. The van der Waals surface area contributed by atoms with Crippen molar-refractivity contribution in [3.05, 3.63) is 52.0 Å². The first-order valence-electron chi connectivity index (χ1n) is 9.78. The summed E-state index contributed by atoms with van der Waals surface area (Å²) in [4.78, 5) is 18.3. The molecule has 0 amide bonds. The maximum atomic E-state index is 12.8. The van der Waals surface area contributed by atoms with Crippen LogP contribution in [0.4, 0.5) is 0 Å². The zero-order valence-electron chi connectivity index (χ0n) is 16.3. The van der Waals surface area contributed by atoms with Gasteiger partial charge >= 0.3 is 10.1 Å². The Bertz CT molecular complexity index is 1010. The first-order chi connectivity index (χ1) is 14.0. The largest absolute Gasteiger partial charge is 0.358 e. The summed E-state index contributed by atoms with van der Waals surface area (Å²) in [7, 11) is -4.10. The fourth-order valence-electron chi connectivity index (χ4n) is 2.94. The van der Waals surface area contributed by atoms with E-state index in [0.29, 0.717) is 5.01 Å². The molecule has 6 nitrogen and oxygen atoms in total. The van der Waals surface area contributed by atoms with Crippen LogP contribution < -0.4 is 0 Å². The Kier molecular flexibility index (Phi) is 7.33. The molecular weight excluding hydrogens is 408 g/mol. The number of Topliss-reactive ketones (excluding diaryl/α,β-unsaturated/α-hetero) is 1. The summed E-state index contributed by atoms with van der Waals surface area (Å²) in [5.41, 5.74) is 0.888. The number of aryl methyl sites for hydroxylation is 1. The number of allylic oxidation sites excluding steroid dienone is 1. The molecule has 29 heavy (non-hydrogen) atoms. The van der Waals surface area contributed by atoms with Crippen LogP contribution in [0.15, 0.2) is 46.5 Å². The van der Waals surface area contributed by atoms with Gasteiger partial charge in [-0.3, -0.25) is 9.08 Å². The van der Waals surface area contributed by atoms with Gasteiger partial charge in [0, 0.05) is 6.42 Å². The standard InChI is InChI=1S/C21H24N2O4S2/c1-2-3-4-8-14-18(24)20(21-22-17-13-9-10-15-19(17)28-21)23-27-29(25,26)16-11-6-5-7-12-16/h5-7,10-12,15H,2-4,8-9,13-14H2,1H3/b23-20+. The van der Waals surface area contributed by atoms with E-state index in [9.17, 15) is 13.2 Å². The van der Waals surface area contributed by atoms with Gasteiger partial charge in [-0.05, 0) is 37.5 Å². The summed E-state index contributed by atoms with van der Waals surface area (Å²) in [6.07, 6.45) is 9.80. The minimum absolute atomic E-state index is 0.0140. The van der Waals surface area contributed by atoms with E-state index in [1.54, 1.807) is 18.2 Å². The molecule has 0 N–H and O–H groups in total. The second-order valence-corrected chi connectivity index (χ2v) is 9.35. The number of fused-ring (bicyclic) bond motifs is 1. The lowest BCUT2D eigenvalue weighted by Crippen LogP contribution is -2.17. The van der Waals surface area contributed by atoms with Crippen LogP contribution in [0.5, 0.6) is 0 Å². The number of unbranched alkanes of at least 4 members (excludes halogenated alkanes) is 3. The molecule has 0 bridgehead atoms. The molecule has 0 fully saturated rings. The van der Waals surface area contributed by atoms with Crippen LogP contribution in [0.1, 0.15) is 61.0 Å². The van der Waals surface area contributed by atoms with Crippen molar-refractivity contribution in [1.82, 2.24) is 4.98 Å². The van der Waals surface area contributed by atoms with E-state index < -0.39 is 10.1 Å². The average molecular weight is 433 g/mol. The number of aromatic nitrogens is 1. The van der Waals surface area contributed by atoms with Crippen LogP contribution in [0.3, 0.4) is 0 Å². The zero-order chi connectivity index (χ0) is 20.7. The molecule has 0 unspecified atom stereocenters. The molecule has 1 aromatic heterocycles. The maximum absolute atomic E-state index is 12.8. The second kappa shape index (κ2) is 9.93. The average Bonchev–Trinajstić information content (AvgIpc) is 3.15. The number of nitrogens with zero attached hydrogens (tertiary/aromatic N) is 2. The summed E-state index contributed by atoms with van der Waals surface area (Å²) in [5.74, 6) is -0.251. The van der Waals surface area contributed by atoms with Gasteiger partial charge in [-0.15, -0.1) is 11.3 Å². The molecule has 1 heterocycles. The second-order valence-electron chi connectivity index (χ2n) is 6.79. The highest BCUT2D eigenvalue weighted by Crippen LogP contribution is 2.26. The topological polar surface area (TPSA) is 85.7 Å². The number of thiazole rings is 1. The number of benzene rings is 1. The first-order valence-corrected chi connectivity index (χ1v) is 12.0. The Hall–Kier alpha value is -2.32. The van der Waals surface area contributed by atoms with Crippen molar-refractivity contribution in [2.45, 2.75) is 56.8 Å². The van der Waals surface area contributed by atoms with Gasteiger partial charge in [0.25, 0.3) is 0 Å². The van der Waals surface area contributed by atoms with Crippen molar-refractivity contribution >= 4 is 39.0 Å². The summed E-state index contributed by atoms with van der Waals surface area (Å²) in [6, 6.07) is 7.75. The Morgan fingerprint density at radius 2 is 2.00 bits per heavy atom. The number of hydrogen-bond donors (Lipinski definition) is 0. The van der Waals surface area contributed by atoms with E-state index in [2.05, 4.69) is 23.1 Å². The molecule has 0 radical (unpaired) electrons. The Labute approximate surface area is 175 Å². The lowest BCUT2D eigenvalue weighted by Gasteiger charge is -2.05. The molecule has 3 rings (SSSR count). The van der Waals surface area contributed by atoms with Crippen molar-refractivity contribution < 1.29 is 17.5 Å². The zero-order valence-corrected chi connectivity index (χ0v) is 18.0. The number of oxime groups is 1. The van der Waals surface area contributed by atoms with Crippen LogP contribution in [-0.4, -0.2) is 24.9 Å². The van der Waals surface area contributed by atoms with Crippen molar-refractivity contribution in [3.8, 4) is 0 Å². The van der Waals surface area contributed by atoms with Crippen LogP contribution in [0.25, 0.3) is 6.08 Å². The number of rotatable bonds is 10. The summed E-state index contributed by atoms with van der Waals surface area (Å²) in [6.45, 7) is 2.10. The SMILES string of the molecule is CCCCCCC(=O)/C(=N\OS(=O)(=O)c1ccccc1)c1nc2c(s1)C=CCC2. The molecule has 2 aromatic rings. The predicted octanol–water partition coefficient (Wildman–Crippen LogP) is 4.75. The Morgan fingerprint density at radius 1 is 1.21 bits per heavy atom. The lowest BCUT2D eigenvalue weighted by atomic mass is 10.1. The molecule has 1 aromatic carbocycles. The Morgan fingerprint density at radius 3 is 2.72 bits per heavy atom. The minimum Gasteiger partial charge on any atom is -0.292 e. The maximum Gasteiger partial charge on any atom is 0.358 e. The van der Waals surface area contributed by atoms with Gasteiger partial charge in [-0.1, -0.05) is 55.6 Å². The van der Waals surface area contributed by atoms with Crippen LogP contribution >= 0.6 is 11.3 Å². The molecule has 0 saturated heterocycles. The van der Waals surface area contributed by atoms with E-state index in [1.807, 2.05) is 6.08 Å². The predicted molar refractivity (Wildman–Crippen MR) is 114 cm³/mol. The Balaban J connectivity index is 1.86. The van der Waals surface area contributed by atoms with Crippen molar-refractivity contribution in [2.75, 3.05) is 0 Å².